The number of carbonyl (C=O) groups is 1. The van der Waals surface area contributed by atoms with Gasteiger partial charge in [-0.2, -0.15) is 0 Å². The molecule has 0 saturated carbocycles. The summed E-state index contributed by atoms with van der Waals surface area (Å²) in [5.41, 5.74) is 0.221. The number of amides is 1. The molecule has 0 aliphatic carbocycles. The maximum Gasteiger partial charge on any atom is 0.233 e. The fourth-order valence-corrected chi connectivity index (χ4v) is 2.98. The molecule has 1 amide bonds. The molecule has 0 unspecified atom stereocenters. The lowest BCUT2D eigenvalue weighted by Gasteiger charge is -2.35. The number of nitrogens with one attached hydrogen (secondary N) is 2. The van der Waals surface area contributed by atoms with Crippen molar-refractivity contribution in [3.8, 4) is 0 Å². The molecule has 1 saturated heterocycles. The number of benzene rings is 1. The van der Waals surface area contributed by atoms with Gasteiger partial charge in [-0.15, -0.1) is 0 Å². The summed E-state index contributed by atoms with van der Waals surface area (Å²) in [6, 6.07) is 5.34. The van der Waals surface area contributed by atoms with Gasteiger partial charge in [-0.05, 0) is 60.1 Å². The number of piperidine rings is 1. The smallest absolute Gasteiger partial charge is 0.233 e. The number of carbonyl (C=O) groups excluding carboxylic acids is 1. The Morgan fingerprint density at radius 2 is 2.20 bits per heavy atom. The molecule has 1 aliphatic rings. The normalized spacial score (nSPS) is 17.8. The van der Waals surface area contributed by atoms with E-state index < -0.39 is 5.41 Å². The quantitative estimate of drug-likeness (QED) is 0.866. The van der Waals surface area contributed by atoms with Gasteiger partial charge in [-0.1, -0.05) is 11.6 Å². The summed E-state index contributed by atoms with van der Waals surface area (Å²) >= 11 is 9.40. The topological polar surface area (TPSA) is 50.4 Å². The zero-order chi connectivity index (χ0) is 14.6. The van der Waals surface area contributed by atoms with Crippen LogP contribution in [0.5, 0.6) is 0 Å². The van der Waals surface area contributed by atoms with Gasteiger partial charge in [0.05, 0.1) is 17.7 Å². The molecule has 110 valence electrons. The number of hydrogen-bond donors (Lipinski definition) is 2. The van der Waals surface area contributed by atoms with Crippen molar-refractivity contribution < 1.29 is 9.53 Å². The van der Waals surface area contributed by atoms with Crippen LogP contribution in [0, 0.1) is 5.41 Å². The van der Waals surface area contributed by atoms with E-state index in [0.717, 1.165) is 30.4 Å². The minimum Gasteiger partial charge on any atom is -0.384 e. The second kappa shape index (κ2) is 6.89. The number of hydrogen-bond acceptors (Lipinski definition) is 3. The second-order valence-electron chi connectivity index (χ2n) is 5.04. The number of ether oxygens (including phenoxy) is 1. The van der Waals surface area contributed by atoms with Crippen molar-refractivity contribution in [2.45, 2.75) is 12.8 Å². The van der Waals surface area contributed by atoms with E-state index in [1.807, 2.05) is 6.07 Å². The van der Waals surface area contributed by atoms with Crippen LogP contribution in [-0.4, -0.2) is 32.7 Å². The van der Waals surface area contributed by atoms with E-state index in [9.17, 15) is 4.79 Å². The second-order valence-corrected chi connectivity index (χ2v) is 6.33. The molecule has 2 rings (SSSR count). The Balaban J connectivity index is 2.18. The van der Waals surface area contributed by atoms with Crippen molar-refractivity contribution in [1.82, 2.24) is 5.32 Å². The molecule has 1 aliphatic heterocycles. The molecule has 1 aromatic rings. The monoisotopic (exact) mass is 360 g/mol. The fourth-order valence-electron chi connectivity index (χ4n) is 2.47. The van der Waals surface area contributed by atoms with Crippen molar-refractivity contribution in [2.75, 3.05) is 32.1 Å². The third kappa shape index (κ3) is 3.52. The van der Waals surface area contributed by atoms with Crippen LogP contribution in [0.1, 0.15) is 12.8 Å². The summed E-state index contributed by atoms with van der Waals surface area (Å²) < 4.78 is 6.09. The average molecular weight is 362 g/mol. The van der Waals surface area contributed by atoms with E-state index in [4.69, 9.17) is 16.3 Å². The van der Waals surface area contributed by atoms with E-state index in [1.165, 1.54) is 0 Å². The summed E-state index contributed by atoms with van der Waals surface area (Å²) in [7, 11) is 1.63. The SMILES string of the molecule is COCC1(C(=O)Nc2cc(Cl)ccc2Br)CCNCC1. The Hall–Kier alpha value is -0.620. The molecular weight excluding hydrogens is 344 g/mol. The van der Waals surface area contributed by atoms with Crippen molar-refractivity contribution >= 4 is 39.1 Å². The predicted molar refractivity (Wildman–Crippen MR) is 84.2 cm³/mol. The van der Waals surface area contributed by atoms with E-state index in [0.29, 0.717) is 17.3 Å². The van der Waals surface area contributed by atoms with Crippen LogP contribution in [0.3, 0.4) is 0 Å². The zero-order valence-corrected chi connectivity index (χ0v) is 13.7. The number of rotatable bonds is 4. The van der Waals surface area contributed by atoms with Crippen LogP contribution < -0.4 is 10.6 Å². The molecule has 20 heavy (non-hydrogen) atoms. The number of methoxy groups -OCH3 is 1. The highest BCUT2D eigenvalue weighted by molar-refractivity contribution is 9.10. The van der Waals surface area contributed by atoms with Crippen molar-refractivity contribution in [2.24, 2.45) is 5.41 Å². The van der Waals surface area contributed by atoms with Crippen molar-refractivity contribution in [1.29, 1.82) is 0 Å². The lowest BCUT2D eigenvalue weighted by molar-refractivity contribution is -0.130. The standard InChI is InChI=1S/C14H18BrClN2O2/c1-20-9-14(4-6-17-7-5-14)13(19)18-12-8-10(16)2-3-11(12)15/h2-3,8,17H,4-7,9H2,1H3,(H,18,19). The number of halogens is 2. The van der Waals surface area contributed by atoms with Crippen LogP contribution in [0.25, 0.3) is 0 Å². The molecule has 0 radical (unpaired) electrons. The van der Waals surface area contributed by atoms with Crippen LogP contribution in [0.4, 0.5) is 5.69 Å². The third-order valence-corrected chi connectivity index (χ3v) is 4.57. The first-order valence-corrected chi connectivity index (χ1v) is 7.71. The van der Waals surface area contributed by atoms with Gasteiger partial charge < -0.3 is 15.4 Å². The molecule has 4 nitrogen and oxygen atoms in total. The molecule has 1 aromatic carbocycles. The molecule has 2 N–H and O–H groups in total. The Morgan fingerprint density at radius 3 is 2.85 bits per heavy atom. The fraction of sp³-hybridized carbons (Fsp3) is 0.500. The molecule has 0 spiro atoms. The zero-order valence-electron chi connectivity index (χ0n) is 11.3. The lowest BCUT2D eigenvalue weighted by atomic mass is 9.78. The van der Waals surface area contributed by atoms with Gasteiger partial charge in [-0.25, -0.2) is 0 Å². The molecule has 0 atom stereocenters. The van der Waals surface area contributed by atoms with Crippen LogP contribution >= 0.6 is 27.5 Å². The molecule has 1 fully saturated rings. The molecule has 6 heteroatoms. The first-order chi connectivity index (χ1) is 9.57. The maximum atomic E-state index is 12.7. The van der Waals surface area contributed by atoms with Crippen molar-refractivity contribution in [3.05, 3.63) is 27.7 Å². The van der Waals surface area contributed by atoms with E-state index in [1.54, 1.807) is 19.2 Å². The Bertz CT molecular complexity index is 485. The highest BCUT2D eigenvalue weighted by Crippen LogP contribution is 2.33. The third-order valence-electron chi connectivity index (χ3n) is 3.64. The number of anilines is 1. The molecular formula is C14H18BrClN2O2. The van der Waals surface area contributed by atoms with Crippen LogP contribution in [0.15, 0.2) is 22.7 Å². The van der Waals surface area contributed by atoms with Gasteiger partial charge in [0.25, 0.3) is 0 Å². The van der Waals surface area contributed by atoms with Gasteiger partial charge >= 0.3 is 0 Å². The van der Waals surface area contributed by atoms with E-state index in [-0.39, 0.29) is 5.91 Å². The Kier molecular flexibility index (Phi) is 5.43. The van der Waals surface area contributed by atoms with Crippen LogP contribution in [-0.2, 0) is 9.53 Å². The van der Waals surface area contributed by atoms with Gasteiger partial charge in [0, 0.05) is 16.6 Å². The summed E-state index contributed by atoms with van der Waals surface area (Å²) in [6.45, 7) is 2.08. The first-order valence-electron chi connectivity index (χ1n) is 6.53. The predicted octanol–water partition coefficient (Wildman–Crippen LogP) is 3.06. The van der Waals surface area contributed by atoms with Crippen LogP contribution in [0.2, 0.25) is 5.02 Å². The highest BCUT2D eigenvalue weighted by atomic mass is 79.9. The maximum absolute atomic E-state index is 12.7. The van der Waals surface area contributed by atoms with E-state index >= 15 is 0 Å². The lowest BCUT2D eigenvalue weighted by Crippen LogP contribution is -2.47. The van der Waals surface area contributed by atoms with Gasteiger partial charge in [0.2, 0.25) is 5.91 Å². The molecule has 1 heterocycles. The minimum atomic E-state index is -0.470. The summed E-state index contributed by atoms with van der Waals surface area (Å²) in [6.07, 6.45) is 1.54. The first kappa shape index (κ1) is 15.8. The van der Waals surface area contributed by atoms with Gasteiger partial charge in [-0.3, -0.25) is 4.79 Å². The largest absolute Gasteiger partial charge is 0.384 e. The minimum absolute atomic E-state index is 0.0104. The van der Waals surface area contributed by atoms with Gasteiger partial charge in [0.15, 0.2) is 0 Å². The van der Waals surface area contributed by atoms with Gasteiger partial charge in [0.1, 0.15) is 0 Å². The highest BCUT2D eigenvalue weighted by Gasteiger charge is 2.39. The summed E-state index contributed by atoms with van der Waals surface area (Å²) in [5, 5.41) is 6.83. The van der Waals surface area contributed by atoms with Crippen molar-refractivity contribution in [3.63, 3.8) is 0 Å². The summed E-state index contributed by atoms with van der Waals surface area (Å²) in [4.78, 5) is 12.7. The Labute approximate surface area is 132 Å². The average Bonchev–Trinajstić information content (AvgIpc) is 2.44. The Morgan fingerprint density at radius 1 is 1.50 bits per heavy atom. The molecule has 0 aromatic heterocycles. The summed E-state index contributed by atoms with van der Waals surface area (Å²) in [5.74, 6) is -0.0104. The molecule has 0 bridgehead atoms. The van der Waals surface area contributed by atoms with E-state index in [2.05, 4.69) is 26.6 Å².